The largest absolute Gasteiger partial charge is 0.362 e. The SMILES string of the molecule is Cc1cc(NC(=S)NCCCN(C)C)nn1Cc1ccc(Cl)cc1Cl. The Morgan fingerprint density at radius 3 is 2.72 bits per heavy atom. The molecular weight excluding hydrogens is 377 g/mol. The lowest BCUT2D eigenvalue weighted by Crippen LogP contribution is -2.31. The molecule has 8 heteroatoms. The van der Waals surface area contributed by atoms with E-state index in [0.29, 0.717) is 27.5 Å². The summed E-state index contributed by atoms with van der Waals surface area (Å²) >= 11 is 17.5. The first-order chi connectivity index (χ1) is 11.8. The predicted octanol–water partition coefficient (Wildman–Crippen LogP) is 3.78. The molecule has 0 saturated heterocycles. The summed E-state index contributed by atoms with van der Waals surface area (Å²) in [5, 5.41) is 12.7. The molecule has 5 nitrogen and oxygen atoms in total. The second-order valence-electron chi connectivity index (χ2n) is 6.10. The number of aryl methyl sites for hydroxylation is 1. The third kappa shape index (κ3) is 6.47. The molecule has 0 saturated carbocycles. The average Bonchev–Trinajstić information content (AvgIpc) is 2.86. The first-order valence-corrected chi connectivity index (χ1v) is 9.19. The van der Waals surface area contributed by atoms with Gasteiger partial charge in [-0.2, -0.15) is 5.10 Å². The molecule has 1 aromatic carbocycles. The molecule has 0 aliphatic rings. The molecule has 2 rings (SSSR count). The third-order valence-corrected chi connectivity index (χ3v) is 4.46. The maximum atomic E-state index is 6.24. The molecule has 1 heterocycles. The van der Waals surface area contributed by atoms with Crippen molar-refractivity contribution in [2.24, 2.45) is 0 Å². The molecule has 0 fully saturated rings. The quantitative estimate of drug-likeness (QED) is 0.547. The van der Waals surface area contributed by atoms with E-state index in [1.807, 2.05) is 29.8 Å². The lowest BCUT2D eigenvalue weighted by atomic mass is 10.2. The van der Waals surface area contributed by atoms with Crippen molar-refractivity contribution in [3.8, 4) is 0 Å². The first kappa shape index (κ1) is 20.0. The van der Waals surface area contributed by atoms with Gasteiger partial charge in [0, 0.05) is 28.4 Å². The van der Waals surface area contributed by atoms with Crippen LogP contribution < -0.4 is 10.6 Å². The van der Waals surface area contributed by atoms with Crippen LogP contribution in [0.15, 0.2) is 24.3 Å². The Morgan fingerprint density at radius 2 is 2.04 bits per heavy atom. The van der Waals surface area contributed by atoms with Crippen LogP contribution in [-0.4, -0.2) is 47.0 Å². The van der Waals surface area contributed by atoms with E-state index in [9.17, 15) is 0 Å². The minimum absolute atomic E-state index is 0.576. The summed E-state index contributed by atoms with van der Waals surface area (Å²) in [5.74, 6) is 0.715. The van der Waals surface area contributed by atoms with Gasteiger partial charge in [-0.25, -0.2) is 0 Å². The Hall–Kier alpha value is -1.34. The van der Waals surface area contributed by atoms with E-state index in [1.54, 1.807) is 6.07 Å². The molecule has 0 aliphatic carbocycles. The number of hydrogen-bond acceptors (Lipinski definition) is 3. The number of rotatable bonds is 7. The Bertz CT molecular complexity index is 730. The van der Waals surface area contributed by atoms with Crippen LogP contribution in [0.2, 0.25) is 10.0 Å². The summed E-state index contributed by atoms with van der Waals surface area (Å²) in [6.45, 7) is 4.41. The van der Waals surface area contributed by atoms with E-state index in [2.05, 4.69) is 34.7 Å². The first-order valence-electron chi connectivity index (χ1n) is 8.03. The molecule has 0 bridgehead atoms. The van der Waals surface area contributed by atoms with Crippen molar-refractivity contribution in [2.45, 2.75) is 19.9 Å². The standard InChI is InChI=1S/C17H23Cl2N5S/c1-12-9-16(21-17(25)20-7-4-8-23(2)3)22-24(12)11-13-5-6-14(18)10-15(13)19/h5-6,9-10H,4,7-8,11H2,1-3H3,(H2,20,21,22,25). The van der Waals surface area contributed by atoms with Crippen molar-refractivity contribution in [1.82, 2.24) is 20.0 Å². The molecule has 0 unspecified atom stereocenters. The predicted molar refractivity (Wildman–Crippen MR) is 110 cm³/mol. The van der Waals surface area contributed by atoms with E-state index in [0.717, 1.165) is 30.8 Å². The molecule has 1 aromatic heterocycles. The number of thiocarbonyl (C=S) groups is 1. The third-order valence-electron chi connectivity index (χ3n) is 3.63. The fourth-order valence-electron chi connectivity index (χ4n) is 2.30. The zero-order chi connectivity index (χ0) is 18.4. The number of anilines is 1. The van der Waals surface area contributed by atoms with Crippen molar-refractivity contribution in [1.29, 1.82) is 0 Å². The highest BCUT2D eigenvalue weighted by Gasteiger charge is 2.09. The number of benzene rings is 1. The van der Waals surface area contributed by atoms with Gasteiger partial charge in [0.25, 0.3) is 0 Å². The zero-order valence-corrected chi connectivity index (χ0v) is 17.0. The zero-order valence-electron chi connectivity index (χ0n) is 14.6. The van der Waals surface area contributed by atoms with Gasteiger partial charge in [-0.3, -0.25) is 4.68 Å². The van der Waals surface area contributed by atoms with Gasteiger partial charge in [-0.05, 0) is 63.9 Å². The monoisotopic (exact) mass is 399 g/mol. The lowest BCUT2D eigenvalue weighted by Gasteiger charge is -2.11. The Kier molecular flexibility index (Phi) is 7.50. The van der Waals surface area contributed by atoms with Crippen LogP contribution in [0.5, 0.6) is 0 Å². The van der Waals surface area contributed by atoms with Gasteiger partial charge in [0.1, 0.15) is 0 Å². The van der Waals surface area contributed by atoms with Gasteiger partial charge in [0.05, 0.1) is 6.54 Å². The molecule has 2 N–H and O–H groups in total. The van der Waals surface area contributed by atoms with Crippen molar-refractivity contribution >= 4 is 46.4 Å². The second kappa shape index (κ2) is 9.38. The van der Waals surface area contributed by atoms with E-state index >= 15 is 0 Å². The maximum absolute atomic E-state index is 6.24. The van der Waals surface area contributed by atoms with Crippen molar-refractivity contribution < 1.29 is 0 Å². The Labute approximate surface area is 164 Å². The molecule has 0 radical (unpaired) electrons. The van der Waals surface area contributed by atoms with Crippen LogP contribution in [0.3, 0.4) is 0 Å². The van der Waals surface area contributed by atoms with Gasteiger partial charge >= 0.3 is 0 Å². The van der Waals surface area contributed by atoms with E-state index in [-0.39, 0.29) is 0 Å². The Morgan fingerprint density at radius 1 is 1.28 bits per heavy atom. The summed E-state index contributed by atoms with van der Waals surface area (Å²) in [7, 11) is 4.11. The number of nitrogens with one attached hydrogen (secondary N) is 2. The van der Waals surface area contributed by atoms with Crippen molar-refractivity contribution in [2.75, 3.05) is 32.5 Å². The Balaban J connectivity index is 1.92. The molecule has 136 valence electrons. The smallest absolute Gasteiger partial charge is 0.171 e. The summed E-state index contributed by atoms with van der Waals surface area (Å²) < 4.78 is 1.88. The molecule has 2 aromatic rings. The minimum atomic E-state index is 0.576. The van der Waals surface area contributed by atoms with Crippen LogP contribution in [-0.2, 0) is 6.54 Å². The van der Waals surface area contributed by atoms with Gasteiger partial charge in [-0.15, -0.1) is 0 Å². The number of hydrogen-bond donors (Lipinski definition) is 2. The van der Waals surface area contributed by atoms with Gasteiger partial charge in [0.2, 0.25) is 0 Å². The highest BCUT2D eigenvalue weighted by Crippen LogP contribution is 2.22. The summed E-state index contributed by atoms with van der Waals surface area (Å²) in [6, 6.07) is 7.43. The van der Waals surface area contributed by atoms with Crippen LogP contribution in [0.1, 0.15) is 17.7 Å². The highest BCUT2D eigenvalue weighted by molar-refractivity contribution is 7.80. The number of nitrogens with zero attached hydrogens (tertiary/aromatic N) is 3. The minimum Gasteiger partial charge on any atom is -0.362 e. The average molecular weight is 400 g/mol. The number of aromatic nitrogens is 2. The molecule has 0 aliphatic heterocycles. The molecular formula is C17H23Cl2N5S. The van der Waals surface area contributed by atoms with Crippen LogP contribution >= 0.6 is 35.4 Å². The fourth-order valence-corrected chi connectivity index (χ4v) is 2.98. The highest BCUT2D eigenvalue weighted by atomic mass is 35.5. The second-order valence-corrected chi connectivity index (χ2v) is 7.35. The lowest BCUT2D eigenvalue weighted by molar-refractivity contribution is 0.400. The van der Waals surface area contributed by atoms with Gasteiger partial charge in [-0.1, -0.05) is 29.3 Å². The topological polar surface area (TPSA) is 45.1 Å². The van der Waals surface area contributed by atoms with E-state index in [4.69, 9.17) is 35.4 Å². The van der Waals surface area contributed by atoms with Crippen LogP contribution in [0.25, 0.3) is 0 Å². The summed E-state index contributed by atoms with van der Waals surface area (Å²) in [4.78, 5) is 2.14. The normalized spacial score (nSPS) is 11.0. The molecule has 0 amide bonds. The van der Waals surface area contributed by atoms with Crippen molar-refractivity contribution in [3.63, 3.8) is 0 Å². The van der Waals surface area contributed by atoms with Gasteiger partial charge in [0.15, 0.2) is 10.9 Å². The fraction of sp³-hybridized carbons (Fsp3) is 0.412. The summed E-state index contributed by atoms with van der Waals surface area (Å²) in [5.41, 5.74) is 1.98. The van der Waals surface area contributed by atoms with E-state index < -0.39 is 0 Å². The van der Waals surface area contributed by atoms with E-state index in [1.165, 1.54) is 0 Å². The molecule has 0 spiro atoms. The number of halogens is 2. The van der Waals surface area contributed by atoms with Crippen LogP contribution in [0, 0.1) is 6.92 Å². The maximum Gasteiger partial charge on any atom is 0.171 e. The van der Waals surface area contributed by atoms with Crippen molar-refractivity contribution in [3.05, 3.63) is 45.6 Å². The van der Waals surface area contributed by atoms with Crippen LogP contribution in [0.4, 0.5) is 5.82 Å². The van der Waals surface area contributed by atoms with Gasteiger partial charge < -0.3 is 15.5 Å². The molecule has 0 atom stereocenters. The summed E-state index contributed by atoms with van der Waals surface area (Å²) in [6.07, 6.45) is 1.03. The molecule has 25 heavy (non-hydrogen) atoms.